The third-order valence-corrected chi connectivity index (χ3v) is 5.97. The van der Waals surface area contributed by atoms with Gasteiger partial charge in [0.2, 0.25) is 5.95 Å². The highest BCUT2D eigenvalue weighted by Gasteiger charge is 2.29. The van der Waals surface area contributed by atoms with E-state index in [0.29, 0.717) is 17.9 Å². The van der Waals surface area contributed by atoms with Crippen molar-refractivity contribution in [3.8, 4) is 0 Å². The number of hydrogen-bond acceptors (Lipinski definition) is 6. The fourth-order valence-electron chi connectivity index (χ4n) is 2.81. The Hall–Kier alpha value is -2.48. The van der Waals surface area contributed by atoms with Crippen LogP contribution in [0, 0.1) is 13.8 Å². The van der Waals surface area contributed by atoms with Crippen LogP contribution in [0.3, 0.4) is 0 Å². The van der Waals surface area contributed by atoms with E-state index in [9.17, 15) is 13.2 Å². The zero-order valence-electron chi connectivity index (χ0n) is 14.1. The van der Waals surface area contributed by atoms with Gasteiger partial charge in [-0.15, -0.1) is 0 Å². The summed E-state index contributed by atoms with van der Waals surface area (Å²) >= 11 is 0. The second-order valence-corrected chi connectivity index (χ2v) is 8.49. The number of aryl methyl sites for hydroxylation is 2. The number of para-hydroxylation sites is 1. The van der Waals surface area contributed by atoms with E-state index >= 15 is 0 Å². The lowest BCUT2D eigenvalue weighted by Gasteiger charge is -2.12. The van der Waals surface area contributed by atoms with Crippen LogP contribution in [-0.2, 0) is 9.84 Å². The van der Waals surface area contributed by atoms with Gasteiger partial charge in [-0.2, -0.15) is 0 Å². The van der Waals surface area contributed by atoms with Gasteiger partial charge in [-0.3, -0.25) is 4.79 Å². The molecule has 1 aliphatic rings. The minimum atomic E-state index is -3.03. The fraction of sp³-hybridized carbons (Fsp3) is 0.353. The van der Waals surface area contributed by atoms with Gasteiger partial charge in [-0.05, 0) is 31.4 Å². The second-order valence-electron chi connectivity index (χ2n) is 6.26. The minimum Gasteiger partial charge on any atom is -0.348 e. The maximum absolute atomic E-state index is 12.2. The van der Waals surface area contributed by atoms with Crippen molar-refractivity contribution < 1.29 is 13.2 Å². The molecule has 0 saturated carbocycles. The van der Waals surface area contributed by atoms with E-state index in [1.165, 1.54) is 12.4 Å². The average molecular weight is 360 g/mol. The van der Waals surface area contributed by atoms with Gasteiger partial charge >= 0.3 is 0 Å². The Morgan fingerprint density at radius 2 is 1.80 bits per heavy atom. The number of rotatable bonds is 4. The molecule has 1 saturated heterocycles. The number of hydrogen-bond donors (Lipinski definition) is 2. The largest absolute Gasteiger partial charge is 0.348 e. The number of aromatic nitrogens is 2. The molecule has 8 heteroatoms. The third kappa shape index (κ3) is 4.14. The first kappa shape index (κ1) is 17.3. The van der Waals surface area contributed by atoms with Gasteiger partial charge < -0.3 is 10.6 Å². The fourth-order valence-corrected chi connectivity index (χ4v) is 4.48. The van der Waals surface area contributed by atoms with Gasteiger partial charge in [0, 0.05) is 24.1 Å². The molecule has 2 N–H and O–H groups in total. The Morgan fingerprint density at radius 3 is 2.36 bits per heavy atom. The summed E-state index contributed by atoms with van der Waals surface area (Å²) in [6.07, 6.45) is 3.31. The smallest absolute Gasteiger partial charge is 0.254 e. The molecule has 1 aliphatic heterocycles. The molecule has 1 unspecified atom stereocenters. The molecule has 0 bridgehead atoms. The van der Waals surface area contributed by atoms with E-state index in [4.69, 9.17) is 0 Å². The third-order valence-electron chi connectivity index (χ3n) is 4.20. The second kappa shape index (κ2) is 6.79. The number of anilines is 2. The molecule has 132 valence electrons. The molecule has 2 aromatic rings. The Bertz CT molecular complexity index is 874. The molecular formula is C17H20N4O3S. The highest BCUT2D eigenvalue weighted by molar-refractivity contribution is 7.91. The molecule has 1 aromatic heterocycles. The monoisotopic (exact) mass is 360 g/mol. The lowest BCUT2D eigenvalue weighted by molar-refractivity contribution is 0.0940. The Balaban J connectivity index is 1.67. The standard InChI is InChI=1S/C17H20N4O3S/c1-11-4-3-5-12(2)15(11)21-17-18-8-13(9-19-17)16(22)20-14-6-7-25(23,24)10-14/h3-5,8-9,14H,6-7,10H2,1-2H3,(H,20,22)(H,18,19,21). The average Bonchev–Trinajstić information content (AvgIpc) is 2.90. The topological polar surface area (TPSA) is 101 Å². The lowest BCUT2D eigenvalue weighted by Crippen LogP contribution is -2.35. The van der Waals surface area contributed by atoms with Crippen LogP contribution in [0.4, 0.5) is 11.6 Å². The van der Waals surface area contributed by atoms with E-state index in [-0.39, 0.29) is 23.5 Å². The van der Waals surface area contributed by atoms with Crippen LogP contribution < -0.4 is 10.6 Å². The predicted octanol–water partition coefficient (Wildman–Crippen LogP) is 1.75. The Labute approximate surface area is 146 Å². The molecule has 1 aromatic carbocycles. The first-order valence-corrected chi connectivity index (χ1v) is 9.83. The van der Waals surface area contributed by atoms with Crippen LogP contribution in [0.25, 0.3) is 0 Å². The van der Waals surface area contributed by atoms with Crippen molar-refractivity contribution in [1.29, 1.82) is 0 Å². The molecule has 1 atom stereocenters. The van der Waals surface area contributed by atoms with Crippen LogP contribution in [0.15, 0.2) is 30.6 Å². The maximum atomic E-state index is 12.2. The maximum Gasteiger partial charge on any atom is 0.254 e. The van der Waals surface area contributed by atoms with Crippen molar-refractivity contribution in [3.05, 3.63) is 47.3 Å². The highest BCUT2D eigenvalue weighted by Crippen LogP contribution is 2.22. The number of carbonyl (C=O) groups is 1. The van der Waals surface area contributed by atoms with Crippen LogP contribution in [0.1, 0.15) is 27.9 Å². The summed E-state index contributed by atoms with van der Waals surface area (Å²) in [7, 11) is -3.03. The quantitative estimate of drug-likeness (QED) is 0.861. The van der Waals surface area contributed by atoms with Crippen LogP contribution in [0.5, 0.6) is 0 Å². The number of carbonyl (C=O) groups excluding carboxylic acids is 1. The van der Waals surface area contributed by atoms with Gasteiger partial charge in [-0.1, -0.05) is 18.2 Å². The first-order chi connectivity index (χ1) is 11.8. The molecule has 2 heterocycles. The summed E-state index contributed by atoms with van der Waals surface area (Å²) in [4.78, 5) is 20.5. The summed E-state index contributed by atoms with van der Waals surface area (Å²) in [6.45, 7) is 3.99. The lowest BCUT2D eigenvalue weighted by atomic mass is 10.1. The van der Waals surface area contributed by atoms with Gasteiger partial charge in [0.25, 0.3) is 5.91 Å². The summed E-state index contributed by atoms with van der Waals surface area (Å²) in [6, 6.07) is 5.62. The predicted molar refractivity (Wildman–Crippen MR) is 95.8 cm³/mol. The summed E-state index contributed by atoms with van der Waals surface area (Å²) in [5, 5.41) is 5.88. The van der Waals surface area contributed by atoms with Crippen LogP contribution in [0.2, 0.25) is 0 Å². The van der Waals surface area contributed by atoms with E-state index < -0.39 is 9.84 Å². The summed E-state index contributed by atoms with van der Waals surface area (Å²) in [5.41, 5.74) is 3.40. The Morgan fingerprint density at radius 1 is 1.16 bits per heavy atom. The van der Waals surface area contributed by atoms with Crippen molar-refractivity contribution in [2.45, 2.75) is 26.3 Å². The molecule has 1 amide bonds. The van der Waals surface area contributed by atoms with Gasteiger partial charge in [-0.25, -0.2) is 18.4 Å². The normalized spacial score (nSPS) is 18.7. The molecule has 1 fully saturated rings. The van der Waals surface area contributed by atoms with E-state index in [2.05, 4.69) is 20.6 Å². The van der Waals surface area contributed by atoms with E-state index in [1.54, 1.807) is 0 Å². The van der Waals surface area contributed by atoms with Gasteiger partial charge in [0.1, 0.15) is 0 Å². The van der Waals surface area contributed by atoms with Crippen LogP contribution >= 0.6 is 0 Å². The number of nitrogens with zero attached hydrogens (tertiary/aromatic N) is 2. The minimum absolute atomic E-state index is 0.00814. The first-order valence-electron chi connectivity index (χ1n) is 8.00. The zero-order chi connectivity index (χ0) is 18.0. The molecule has 0 aliphatic carbocycles. The molecule has 0 spiro atoms. The summed E-state index contributed by atoms with van der Waals surface area (Å²) in [5.74, 6) is 0.150. The number of amides is 1. The highest BCUT2D eigenvalue weighted by atomic mass is 32.2. The van der Waals surface area contributed by atoms with Crippen molar-refractivity contribution in [3.63, 3.8) is 0 Å². The SMILES string of the molecule is Cc1cccc(C)c1Nc1ncc(C(=O)NC2CCS(=O)(=O)C2)cn1. The Kier molecular flexibility index (Phi) is 4.71. The number of benzene rings is 1. The van der Waals surface area contributed by atoms with E-state index in [0.717, 1.165) is 16.8 Å². The van der Waals surface area contributed by atoms with Crippen LogP contribution in [-0.4, -0.2) is 41.8 Å². The van der Waals surface area contributed by atoms with Crippen molar-refractivity contribution in [1.82, 2.24) is 15.3 Å². The van der Waals surface area contributed by atoms with Crippen molar-refractivity contribution in [2.24, 2.45) is 0 Å². The van der Waals surface area contributed by atoms with Gasteiger partial charge in [0.15, 0.2) is 9.84 Å². The van der Waals surface area contributed by atoms with E-state index in [1.807, 2.05) is 32.0 Å². The molecule has 25 heavy (non-hydrogen) atoms. The van der Waals surface area contributed by atoms with Gasteiger partial charge in [0.05, 0.1) is 17.1 Å². The zero-order valence-corrected chi connectivity index (χ0v) is 14.9. The molecule has 7 nitrogen and oxygen atoms in total. The molecule has 3 rings (SSSR count). The molecular weight excluding hydrogens is 340 g/mol. The van der Waals surface area contributed by atoms with Crippen molar-refractivity contribution >= 4 is 27.4 Å². The van der Waals surface area contributed by atoms with Crippen molar-refractivity contribution in [2.75, 3.05) is 16.8 Å². The number of sulfone groups is 1. The molecule has 0 radical (unpaired) electrons. The number of nitrogens with one attached hydrogen (secondary N) is 2. The summed E-state index contributed by atoms with van der Waals surface area (Å²) < 4.78 is 22.9.